The highest BCUT2D eigenvalue weighted by atomic mass is 32.2. The average molecular weight is 199 g/mol. The Kier molecular flexibility index (Phi) is 3.82. The van der Waals surface area contributed by atoms with Crippen molar-refractivity contribution in [1.29, 1.82) is 0 Å². The summed E-state index contributed by atoms with van der Waals surface area (Å²) in [7, 11) is 0. The number of hydrogen-bond donors (Lipinski definition) is 0. The number of nitrogens with zero attached hydrogens (tertiary/aromatic N) is 2. The fraction of sp³-hybridized carbons (Fsp3) is 0.500. The second-order valence-corrected chi connectivity index (χ2v) is 3.75. The van der Waals surface area contributed by atoms with Gasteiger partial charge in [-0.05, 0) is 13.0 Å². The van der Waals surface area contributed by atoms with Gasteiger partial charge in [-0.25, -0.2) is 0 Å². The maximum absolute atomic E-state index is 10.1. The van der Waals surface area contributed by atoms with Crippen LogP contribution in [0, 0.1) is 6.92 Å². The summed E-state index contributed by atoms with van der Waals surface area (Å²) in [4.78, 5) is 10.1. The molecule has 0 aliphatic carbocycles. The molecule has 13 heavy (non-hydrogen) atoms. The molecule has 0 fully saturated rings. The highest BCUT2D eigenvalue weighted by molar-refractivity contribution is 7.99. The van der Waals surface area contributed by atoms with Gasteiger partial charge >= 0.3 is 0 Å². The highest BCUT2D eigenvalue weighted by Gasteiger charge is 1.94. The van der Waals surface area contributed by atoms with Gasteiger partial charge in [-0.1, -0.05) is 0 Å². The van der Waals surface area contributed by atoms with Gasteiger partial charge in [0, 0.05) is 24.2 Å². The van der Waals surface area contributed by atoms with E-state index in [1.54, 1.807) is 4.68 Å². The third-order valence-electron chi connectivity index (χ3n) is 1.46. The summed E-state index contributed by atoms with van der Waals surface area (Å²) < 4.78 is 1.80. The molecular formula is C8H11N2O2S-. The SMILES string of the molecule is Cc1ccn(CCSCC(=O)[O-])n1. The van der Waals surface area contributed by atoms with Gasteiger partial charge in [-0.2, -0.15) is 16.9 Å². The average Bonchev–Trinajstić information content (AvgIpc) is 2.45. The first-order chi connectivity index (χ1) is 6.18. The van der Waals surface area contributed by atoms with E-state index in [1.807, 2.05) is 19.2 Å². The number of aliphatic carboxylic acids is 1. The summed E-state index contributed by atoms with van der Waals surface area (Å²) in [5.41, 5.74) is 0.977. The van der Waals surface area contributed by atoms with Crippen LogP contribution in [0.1, 0.15) is 5.69 Å². The quantitative estimate of drug-likeness (QED) is 0.609. The van der Waals surface area contributed by atoms with Crippen LogP contribution in [-0.4, -0.2) is 27.3 Å². The fourth-order valence-electron chi connectivity index (χ4n) is 0.901. The molecule has 0 N–H and O–H groups in total. The lowest BCUT2D eigenvalue weighted by Gasteiger charge is -2.02. The van der Waals surface area contributed by atoms with E-state index >= 15 is 0 Å². The largest absolute Gasteiger partial charge is 0.549 e. The van der Waals surface area contributed by atoms with Crippen LogP contribution in [0.4, 0.5) is 0 Å². The monoisotopic (exact) mass is 199 g/mol. The molecule has 0 bridgehead atoms. The van der Waals surface area contributed by atoms with Crippen molar-refractivity contribution >= 4 is 17.7 Å². The molecule has 1 aromatic rings. The lowest BCUT2D eigenvalue weighted by Crippen LogP contribution is -2.24. The van der Waals surface area contributed by atoms with Crippen molar-refractivity contribution in [1.82, 2.24) is 9.78 Å². The molecule has 0 aliphatic heterocycles. The van der Waals surface area contributed by atoms with Gasteiger partial charge in [0.1, 0.15) is 0 Å². The maximum atomic E-state index is 10.1. The molecule has 0 saturated carbocycles. The minimum atomic E-state index is -1.01. The van der Waals surface area contributed by atoms with Crippen molar-refractivity contribution in [2.75, 3.05) is 11.5 Å². The Hall–Kier alpha value is -0.970. The highest BCUT2D eigenvalue weighted by Crippen LogP contribution is 2.00. The topological polar surface area (TPSA) is 58.0 Å². The van der Waals surface area contributed by atoms with Crippen molar-refractivity contribution in [3.05, 3.63) is 18.0 Å². The number of carbonyl (C=O) groups excluding carboxylic acids is 1. The van der Waals surface area contributed by atoms with Gasteiger partial charge in [0.15, 0.2) is 0 Å². The zero-order valence-corrected chi connectivity index (χ0v) is 8.21. The molecule has 1 heterocycles. The summed E-state index contributed by atoms with van der Waals surface area (Å²) in [6, 6.07) is 1.92. The van der Waals surface area contributed by atoms with Crippen LogP contribution in [0.25, 0.3) is 0 Å². The number of carbonyl (C=O) groups is 1. The molecule has 72 valence electrons. The molecular weight excluding hydrogens is 188 g/mol. The van der Waals surface area contributed by atoms with Crippen LogP contribution in [0.2, 0.25) is 0 Å². The summed E-state index contributed by atoms with van der Waals surface area (Å²) in [6.07, 6.45) is 1.88. The number of thioether (sulfide) groups is 1. The Morgan fingerprint density at radius 1 is 1.77 bits per heavy atom. The minimum Gasteiger partial charge on any atom is -0.549 e. The van der Waals surface area contributed by atoms with Crippen LogP contribution in [0.5, 0.6) is 0 Å². The van der Waals surface area contributed by atoms with Crippen LogP contribution in [0.3, 0.4) is 0 Å². The van der Waals surface area contributed by atoms with E-state index < -0.39 is 5.97 Å². The Bertz CT molecular complexity index is 285. The van der Waals surface area contributed by atoms with E-state index in [0.29, 0.717) is 0 Å². The fourth-order valence-corrected chi connectivity index (χ4v) is 1.53. The second-order valence-electron chi connectivity index (χ2n) is 2.64. The van der Waals surface area contributed by atoms with Crippen LogP contribution in [0.15, 0.2) is 12.3 Å². The lowest BCUT2D eigenvalue weighted by molar-refractivity contribution is -0.301. The number of rotatable bonds is 5. The van der Waals surface area contributed by atoms with Gasteiger partial charge in [0.05, 0.1) is 11.7 Å². The summed E-state index contributed by atoms with van der Waals surface area (Å²) in [5.74, 6) is -0.211. The van der Waals surface area contributed by atoms with Crippen LogP contribution in [-0.2, 0) is 11.3 Å². The third kappa shape index (κ3) is 3.98. The predicted octanol–water partition coefficient (Wildman–Crippen LogP) is -0.325. The Balaban J connectivity index is 2.16. The Labute approximate surface area is 80.9 Å². The zero-order chi connectivity index (χ0) is 9.68. The maximum Gasteiger partial charge on any atom is 0.0593 e. The van der Waals surface area contributed by atoms with Crippen molar-refractivity contribution in [3.8, 4) is 0 Å². The molecule has 0 spiro atoms. The first-order valence-corrected chi connectivity index (χ1v) is 5.11. The molecule has 0 atom stereocenters. The van der Waals surface area contributed by atoms with Gasteiger partial charge in [0.2, 0.25) is 0 Å². The van der Waals surface area contributed by atoms with Crippen molar-refractivity contribution in [2.24, 2.45) is 0 Å². The third-order valence-corrected chi connectivity index (χ3v) is 2.37. The predicted molar refractivity (Wildman–Crippen MR) is 49.3 cm³/mol. The minimum absolute atomic E-state index is 0.0558. The van der Waals surface area contributed by atoms with Crippen molar-refractivity contribution in [2.45, 2.75) is 13.5 Å². The Morgan fingerprint density at radius 3 is 3.08 bits per heavy atom. The molecule has 0 aromatic carbocycles. The van der Waals surface area contributed by atoms with Crippen LogP contribution < -0.4 is 5.11 Å². The molecule has 0 radical (unpaired) electrons. The number of carboxylic acids is 1. The van der Waals surface area contributed by atoms with Crippen molar-refractivity contribution < 1.29 is 9.90 Å². The standard InChI is InChI=1S/C8H12N2O2S/c1-7-2-3-10(9-7)4-5-13-6-8(11)12/h2-3H,4-6H2,1H3,(H,11,12)/p-1. The van der Waals surface area contributed by atoms with E-state index in [0.717, 1.165) is 18.0 Å². The number of aryl methyl sites for hydroxylation is 2. The summed E-state index contributed by atoms with van der Waals surface area (Å²) in [5, 5.41) is 14.2. The van der Waals surface area contributed by atoms with Crippen molar-refractivity contribution in [3.63, 3.8) is 0 Å². The molecule has 0 saturated heterocycles. The van der Waals surface area contributed by atoms with E-state index in [4.69, 9.17) is 0 Å². The molecule has 1 aromatic heterocycles. The molecule has 4 nitrogen and oxygen atoms in total. The van der Waals surface area contributed by atoms with Crippen LogP contribution >= 0.6 is 11.8 Å². The molecule has 1 rings (SSSR count). The number of hydrogen-bond acceptors (Lipinski definition) is 4. The zero-order valence-electron chi connectivity index (χ0n) is 7.40. The van der Waals surface area contributed by atoms with E-state index in [-0.39, 0.29) is 5.75 Å². The number of aromatic nitrogens is 2. The molecule has 5 heteroatoms. The second kappa shape index (κ2) is 4.91. The van der Waals surface area contributed by atoms with Gasteiger partial charge in [-0.15, -0.1) is 0 Å². The molecule has 0 amide bonds. The summed E-state index contributed by atoms with van der Waals surface area (Å²) >= 11 is 1.34. The summed E-state index contributed by atoms with van der Waals surface area (Å²) in [6.45, 7) is 2.66. The van der Waals surface area contributed by atoms with E-state index in [2.05, 4.69) is 5.10 Å². The van der Waals surface area contributed by atoms with Gasteiger partial charge in [0.25, 0.3) is 0 Å². The van der Waals surface area contributed by atoms with E-state index in [1.165, 1.54) is 11.8 Å². The smallest absolute Gasteiger partial charge is 0.0593 e. The molecule has 0 aliphatic rings. The number of carboxylic acid groups (broad SMARTS) is 1. The first kappa shape index (κ1) is 10.1. The first-order valence-electron chi connectivity index (χ1n) is 3.96. The lowest BCUT2D eigenvalue weighted by atomic mass is 10.5. The molecule has 0 unspecified atom stereocenters. The van der Waals surface area contributed by atoms with Gasteiger partial charge < -0.3 is 9.90 Å². The normalized spacial score (nSPS) is 10.2. The Morgan fingerprint density at radius 2 is 2.54 bits per heavy atom. The van der Waals surface area contributed by atoms with Gasteiger partial charge in [-0.3, -0.25) is 4.68 Å². The van der Waals surface area contributed by atoms with E-state index in [9.17, 15) is 9.90 Å².